The van der Waals surface area contributed by atoms with Crippen LogP contribution in [-0.4, -0.2) is 4.98 Å². The highest BCUT2D eigenvalue weighted by Crippen LogP contribution is 2.27. The van der Waals surface area contributed by atoms with Crippen LogP contribution >= 0.6 is 11.6 Å². The molecular weight excluding hydrogens is 242 g/mol. The molecule has 0 saturated heterocycles. The first kappa shape index (κ1) is 11.2. The fourth-order valence-corrected chi connectivity index (χ4v) is 2.26. The molecule has 0 aliphatic heterocycles. The van der Waals surface area contributed by atoms with E-state index in [4.69, 9.17) is 11.6 Å². The lowest BCUT2D eigenvalue weighted by Crippen LogP contribution is -1.86. The van der Waals surface area contributed by atoms with E-state index < -0.39 is 0 Å². The minimum Gasteiger partial charge on any atom is -0.256 e. The summed E-state index contributed by atoms with van der Waals surface area (Å²) in [5.41, 5.74) is 3.36. The Labute approximate surface area is 111 Å². The number of benzene rings is 2. The maximum absolute atomic E-state index is 5.92. The summed E-state index contributed by atoms with van der Waals surface area (Å²) in [5, 5.41) is 3.13. The number of hydrogen-bond acceptors (Lipinski definition) is 1. The Bertz CT molecular complexity index is 702. The Kier molecular flexibility index (Phi) is 2.77. The molecule has 3 rings (SSSR count). The van der Waals surface area contributed by atoms with Crippen LogP contribution < -0.4 is 0 Å². The number of hydrogen-bond donors (Lipinski definition) is 0. The molecule has 1 heterocycles. The summed E-state index contributed by atoms with van der Waals surface area (Å²) >= 11 is 5.92. The molecule has 2 aromatic carbocycles. The molecule has 0 bridgehead atoms. The zero-order valence-corrected chi connectivity index (χ0v) is 10.8. The number of rotatable bonds is 1. The van der Waals surface area contributed by atoms with Crippen LogP contribution in [0.25, 0.3) is 22.0 Å². The molecule has 0 amide bonds. The monoisotopic (exact) mass is 253 g/mol. The Hall–Kier alpha value is -1.86. The third-order valence-corrected chi connectivity index (χ3v) is 3.29. The lowest BCUT2D eigenvalue weighted by Gasteiger charge is -2.06. The quantitative estimate of drug-likeness (QED) is 0.603. The molecule has 0 saturated carbocycles. The second-order valence-electron chi connectivity index (χ2n) is 4.39. The topological polar surface area (TPSA) is 12.9 Å². The van der Waals surface area contributed by atoms with E-state index in [0.29, 0.717) is 0 Å². The Morgan fingerprint density at radius 3 is 2.50 bits per heavy atom. The summed E-state index contributed by atoms with van der Waals surface area (Å²) in [5.74, 6) is 0. The maximum atomic E-state index is 5.92. The second-order valence-corrected chi connectivity index (χ2v) is 4.83. The average molecular weight is 254 g/mol. The summed E-state index contributed by atoms with van der Waals surface area (Å²) in [6, 6.07) is 16.3. The van der Waals surface area contributed by atoms with Gasteiger partial charge in [-0.1, -0.05) is 47.5 Å². The molecular formula is C16H12ClN. The van der Waals surface area contributed by atoms with Gasteiger partial charge in [-0.2, -0.15) is 0 Å². The van der Waals surface area contributed by atoms with Gasteiger partial charge in [0.25, 0.3) is 0 Å². The molecule has 0 spiro atoms. The van der Waals surface area contributed by atoms with Crippen molar-refractivity contribution in [3.8, 4) is 11.3 Å². The molecule has 0 aliphatic carbocycles. The fourth-order valence-electron chi connectivity index (χ4n) is 2.14. The lowest BCUT2D eigenvalue weighted by atomic mass is 10.0. The molecule has 0 unspecified atom stereocenters. The van der Waals surface area contributed by atoms with Crippen LogP contribution in [0.15, 0.2) is 54.7 Å². The molecule has 1 nitrogen and oxygen atoms in total. The van der Waals surface area contributed by atoms with Gasteiger partial charge in [-0.3, -0.25) is 4.98 Å². The molecule has 1 aromatic heterocycles. The van der Waals surface area contributed by atoms with Crippen LogP contribution in [0.5, 0.6) is 0 Å². The van der Waals surface area contributed by atoms with E-state index in [2.05, 4.69) is 30.1 Å². The summed E-state index contributed by atoms with van der Waals surface area (Å²) in [7, 11) is 0. The van der Waals surface area contributed by atoms with Crippen molar-refractivity contribution in [2.75, 3.05) is 0 Å². The molecule has 0 aliphatic rings. The van der Waals surface area contributed by atoms with Gasteiger partial charge in [0.2, 0.25) is 0 Å². The number of nitrogens with zero attached hydrogens (tertiary/aromatic N) is 1. The van der Waals surface area contributed by atoms with Gasteiger partial charge in [0.15, 0.2) is 0 Å². The van der Waals surface area contributed by atoms with Gasteiger partial charge in [-0.25, -0.2) is 0 Å². The summed E-state index contributed by atoms with van der Waals surface area (Å²) < 4.78 is 0. The third kappa shape index (κ3) is 1.98. The predicted molar refractivity (Wildman–Crippen MR) is 76.9 cm³/mol. The molecule has 2 heteroatoms. The smallest absolute Gasteiger partial charge is 0.0780 e. The van der Waals surface area contributed by atoms with Crippen molar-refractivity contribution in [1.29, 1.82) is 0 Å². The third-order valence-electron chi connectivity index (χ3n) is 3.04. The zero-order chi connectivity index (χ0) is 12.5. The number of aromatic nitrogens is 1. The SMILES string of the molecule is Cc1ccc2c(-c3ccc(Cl)cc3)nccc2c1. The van der Waals surface area contributed by atoms with E-state index in [-0.39, 0.29) is 0 Å². The van der Waals surface area contributed by atoms with E-state index in [1.165, 1.54) is 16.3 Å². The van der Waals surface area contributed by atoms with Crippen LogP contribution in [0, 0.1) is 6.92 Å². The number of halogens is 1. The second kappa shape index (κ2) is 4.43. The van der Waals surface area contributed by atoms with Crippen molar-refractivity contribution in [2.45, 2.75) is 6.92 Å². The van der Waals surface area contributed by atoms with Crippen LogP contribution in [0.1, 0.15) is 5.56 Å². The minimum atomic E-state index is 0.745. The molecule has 3 aromatic rings. The van der Waals surface area contributed by atoms with Crippen molar-refractivity contribution < 1.29 is 0 Å². The molecule has 0 radical (unpaired) electrons. The van der Waals surface area contributed by atoms with E-state index in [9.17, 15) is 0 Å². The standard InChI is InChI=1S/C16H12ClN/c1-11-2-7-15-13(10-11)8-9-18-16(15)12-3-5-14(17)6-4-12/h2-10H,1H3. The van der Waals surface area contributed by atoms with E-state index in [0.717, 1.165) is 16.3 Å². The highest BCUT2D eigenvalue weighted by molar-refractivity contribution is 6.30. The average Bonchev–Trinajstić information content (AvgIpc) is 2.38. The van der Waals surface area contributed by atoms with Crippen molar-refractivity contribution in [1.82, 2.24) is 4.98 Å². The first-order chi connectivity index (χ1) is 8.74. The Balaban J connectivity index is 2.26. The number of aryl methyl sites for hydroxylation is 1. The van der Waals surface area contributed by atoms with Gasteiger partial charge >= 0.3 is 0 Å². The van der Waals surface area contributed by atoms with Crippen molar-refractivity contribution in [2.24, 2.45) is 0 Å². The van der Waals surface area contributed by atoms with Gasteiger partial charge < -0.3 is 0 Å². The van der Waals surface area contributed by atoms with E-state index in [1.807, 2.05) is 36.5 Å². The van der Waals surface area contributed by atoms with Gasteiger partial charge in [0.05, 0.1) is 5.69 Å². The van der Waals surface area contributed by atoms with Crippen molar-refractivity contribution >= 4 is 22.4 Å². The van der Waals surface area contributed by atoms with Gasteiger partial charge in [0.1, 0.15) is 0 Å². The van der Waals surface area contributed by atoms with Crippen LogP contribution in [0.2, 0.25) is 5.02 Å². The van der Waals surface area contributed by atoms with Crippen LogP contribution in [0.4, 0.5) is 0 Å². The Morgan fingerprint density at radius 2 is 1.72 bits per heavy atom. The number of pyridine rings is 1. The fraction of sp³-hybridized carbons (Fsp3) is 0.0625. The zero-order valence-electron chi connectivity index (χ0n) is 10.0. The highest BCUT2D eigenvalue weighted by Gasteiger charge is 2.05. The van der Waals surface area contributed by atoms with Crippen LogP contribution in [0.3, 0.4) is 0 Å². The summed E-state index contributed by atoms with van der Waals surface area (Å²) in [4.78, 5) is 4.49. The normalized spacial score (nSPS) is 10.8. The lowest BCUT2D eigenvalue weighted by molar-refractivity contribution is 1.35. The first-order valence-electron chi connectivity index (χ1n) is 5.85. The molecule has 0 atom stereocenters. The molecule has 88 valence electrons. The number of fused-ring (bicyclic) bond motifs is 1. The van der Waals surface area contributed by atoms with Crippen molar-refractivity contribution in [3.63, 3.8) is 0 Å². The molecule has 0 fully saturated rings. The van der Waals surface area contributed by atoms with Gasteiger partial charge in [-0.05, 0) is 30.5 Å². The molecule has 0 N–H and O–H groups in total. The Morgan fingerprint density at radius 1 is 0.944 bits per heavy atom. The van der Waals surface area contributed by atoms with E-state index >= 15 is 0 Å². The van der Waals surface area contributed by atoms with E-state index in [1.54, 1.807) is 0 Å². The highest BCUT2D eigenvalue weighted by atomic mass is 35.5. The van der Waals surface area contributed by atoms with Crippen LogP contribution in [-0.2, 0) is 0 Å². The summed E-state index contributed by atoms with van der Waals surface area (Å²) in [6.45, 7) is 2.10. The first-order valence-corrected chi connectivity index (χ1v) is 6.23. The van der Waals surface area contributed by atoms with Gasteiger partial charge in [0, 0.05) is 22.2 Å². The van der Waals surface area contributed by atoms with Crippen molar-refractivity contribution in [3.05, 3.63) is 65.3 Å². The largest absolute Gasteiger partial charge is 0.256 e. The minimum absolute atomic E-state index is 0.745. The summed E-state index contributed by atoms with van der Waals surface area (Å²) in [6.07, 6.45) is 1.85. The van der Waals surface area contributed by atoms with Gasteiger partial charge in [-0.15, -0.1) is 0 Å². The maximum Gasteiger partial charge on any atom is 0.0780 e. The molecule has 18 heavy (non-hydrogen) atoms. The predicted octanol–water partition coefficient (Wildman–Crippen LogP) is 4.86.